The van der Waals surface area contributed by atoms with Gasteiger partial charge in [-0.2, -0.15) is 0 Å². The average Bonchev–Trinajstić information content (AvgIpc) is 2.94. The second-order valence-electron chi connectivity index (χ2n) is 7.23. The van der Waals surface area contributed by atoms with E-state index in [0.717, 1.165) is 24.9 Å². The molecule has 1 aromatic rings. The van der Waals surface area contributed by atoms with Crippen LogP contribution >= 0.6 is 0 Å². The Kier molecular flexibility index (Phi) is 3.78. The highest BCUT2D eigenvalue weighted by Gasteiger charge is 2.38. The van der Waals surface area contributed by atoms with Crippen LogP contribution in [0.5, 0.6) is 0 Å². The van der Waals surface area contributed by atoms with Crippen molar-refractivity contribution in [3.05, 3.63) is 35.4 Å². The van der Waals surface area contributed by atoms with Crippen molar-refractivity contribution in [1.82, 2.24) is 4.90 Å². The number of ether oxygens (including phenoxy) is 1. The third-order valence-corrected chi connectivity index (χ3v) is 4.74. The van der Waals surface area contributed by atoms with Crippen LogP contribution < -0.4 is 0 Å². The summed E-state index contributed by atoms with van der Waals surface area (Å²) in [6, 6.07) is 8.40. The summed E-state index contributed by atoms with van der Waals surface area (Å²) in [5.41, 5.74) is 2.19. The van der Waals surface area contributed by atoms with Gasteiger partial charge >= 0.3 is 0 Å². The lowest BCUT2D eigenvalue weighted by molar-refractivity contribution is -0.0445. The fourth-order valence-electron chi connectivity index (χ4n) is 3.46. The smallest absolute Gasteiger partial charge is 0.254 e. The number of benzene rings is 1. The quantitative estimate of drug-likeness (QED) is 0.792. The van der Waals surface area contributed by atoms with Crippen molar-refractivity contribution in [1.29, 1.82) is 0 Å². The van der Waals surface area contributed by atoms with Crippen LogP contribution in [-0.4, -0.2) is 36.1 Å². The number of fused-ring (bicyclic) bond motifs is 1. The Morgan fingerprint density at radius 3 is 2.57 bits per heavy atom. The van der Waals surface area contributed by atoms with Gasteiger partial charge in [0.05, 0.1) is 18.8 Å². The van der Waals surface area contributed by atoms with Gasteiger partial charge in [-0.15, -0.1) is 0 Å². The molecule has 1 amide bonds. The Labute approximate surface area is 127 Å². The molecule has 0 spiro atoms. The van der Waals surface area contributed by atoms with Gasteiger partial charge in [0.15, 0.2) is 0 Å². The highest BCUT2D eigenvalue weighted by atomic mass is 16.5. The number of nitrogens with zero attached hydrogens (tertiary/aromatic N) is 1. The normalized spacial score (nSPS) is 25.8. The topological polar surface area (TPSA) is 29.5 Å². The summed E-state index contributed by atoms with van der Waals surface area (Å²) >= 11 is 0. The zero-order valence-corrected chi connectivity index (χ0v) is 13.3. The van der Waals surface area contributed by atoms with Gasteiger partial charge in [-0.3, -0.25) is 4.79 Å². The van der Waals surface area contributed by atoms with Crippen molar-refractivity contribution in [2.24, 2.45) is 0 Å². The third-order valence-electron chi connectivity index (χ3n) is 4.74. The minimum Gasteiger partial charge on any atom is -0.374 e. The van der Waals surface area contributed by atoms with E-state index < -0.39 is 0 Å². The molecular formula is C18H25NO2. The van der Waals surface area contributed by atoms with E-state index in [1.165, 1.54) is 12.0 Å². The van der Waals surface area contributed by atoms with Crippen molar-refractivity contribution >= 4 is 5.91 Å². The van der Waals surface area contributed by atoms with Gasteiger partial charge in [-0.1, -0.05) is 32.9 Å². The number of hydrogen-bond acceptors (Lipinski definition) is 2. The molecule has 0 unspecified atom stereocenters. The molecule has 3 nitrogen and oxygen atoms in total. The monoisotopic (exact) mass is 287 g/mol. The van der Waals surface area contributed by atoms with Crippen LogP contribution in [0.4, 0.5) is 0 Å². The maximum Gasteiger partial charge on any atom is 0.254 e. The standard InChI is InChI=1S/C18H25NO2/c1-18(2,3)14-9-7-13(8-10-14)17(20)19-11-12-21-16-6-4-5-15(16)19/h7-10,15-16H,4-6,11-12H2,1-3H3/t15-,16+/m1/s1. The lowest BCUT2D eigenvalue weighted by Gasteiger charge is -2.37. The van der Waals surface area contributed by atoms with Crippen LogP contribution in [0, 0.1) is 0 Å². The first-order valence-electron chi connectivity index (χ1n) is 8.00. The van der Waals surface area contributed by atoms with Crippen molar-refractivity contribution in [3.8, 4) is 0 Å². The average molecular weight is 287 g/mol. The van der Waals surface area contributed by atoms with E-state index in [4.69, 9.17) is 4.74 Å². The minimum atomic E-state index is 0.122. The number of amides is 1. The summed E-state index contributed by atoms with van der Waals surface area (Å²) < 4.78 is 5.79. The molecule has 21 heavy (non-hydrogen) atoms. The molecular weight excluding hydrogens is 262 g/mol. The molecule has 2 aliphatic rings. The fraction of sp³-hybridized carbons (Fsp3) is 0.611. The van der Waals surface area contributed by atoms with E-state index in [2.05, 4.69) is 32.9 Å². The minimum absolute atomic E-state index is 0.122. The number of hydrogen-bond donors (Lipinski definition) is 0. The Bertz CT molecular complexity index is 515. The molecule has 1 saturated heterocycles. The lowest BCUT2D eigenvalue weighted by atomic mass is 9.86. The van der Waals surface area contributed by atoms with Gasteiger partial charge in [-0.05, 0) is 42.4 Å². The van der Waals surface area contributed by atoms with E-state index in [1.54, 1.807) is 0 Å². The lowest BCUT2D eigenvalue weighted by Crippen LogP contribution is -2.51. The molecule has 0 bridgehead atoms. The molecule has 1 heterocycles. The van der Waals surface area contributed by atoms with Crippen molar-refractivity contribution < 1.29 is 9.53 Å². The Balaban J connectivity index is 1.78. The highest BCUT2D eigenvalue weighted by molar-refractivity contribution is 5.94. The second-order valence-corrected chi connectivity index (χ2v) is 7.23. The summed E-state index contributed by atoms with van der Waals surface area (Å²) in [7, 11) is 0. The van der Waals surface area contributed by atoms with Gasteiger partial charge in [0, 0.05) is 12.1 Å². The molecule has 1 aromatic carbocycles. The molecule has 0 aromatic heterocycles. The zero-order chi connectivity index (χ0) is 15.0. The van der Waals surface area contributed by atoms with Crippen molar-refractivity contribution in [2.45, 2.75) is 57.6 Å². The summed E-state index contributed by atoms with van der Waals surface area (Å²) in [5.74, 6) is 0.163. The van der Waals surface area contributed by atoms with E-state index in [0.29, 0.717) is 6.61 Å². The van der Waals surface area contributed by atoms with E-state index >= 15 is 0 Å². The van der Waals surface area contributed by atoms with Crippen LogP contribution in [0.25, 0.3) is 0 Å². The van der Waals surface area contributed by atoms with E-state index in [9.17, 15) is 4.79 Å². The molecule has 0 N–H and O–H groups in total. The summed E-state index contributed by atoms with van der Waals surface area (Å²) in [4.78, 5) is 14.8. The molecule has 3 rings (SSSR count). The Morgan fingerprint density at radius 1 is 1.19 bits per heavy atom. The summed E-state index contributed by atoms with van der Waals surface area (Å²) in [6.45, 7) is 7.97. The maximum atomic E-state index is 12.8. The molecule has 1 saturated carbocycles. The first kappa shape index (κ1) is 14.6. The van der Waals surface area contributed by atoms with Crippen molar-refractivity contribution in [3.63, 3.8) is 0 Å². The molecule has 2 atom stereocenters. The third kappa shape index (κ3) is 2.84. The predicted octanol–water partition coefficient (Wildman–Crippen LogP) is 3.38. The first-order chi connectivity index (χ1) is 9.97. The SMILES string of the molecule is CC(C)(C)c1ccc(C(=O)N2CCO[C@H]3CCC[C@H]32)cc1. The van der Waals surface area contributed by atoms with Crippen LogP contribution in [0.2, 0.25) is 0 Å². The van der Waals surface area contributed by atoms with Gasteiger partial charge in [0.1, 0.15) is 0 Å². The van der Waals surface area contributed by atoms with Crippen LogP contribution in [0.15, 0.2) is 24.3 Å². The summed E-state index contributed by atoms with van der Waals surface area (Å²) in [6.07, 6.45) is 3.60. The maximum absolute atomic E-state index is 12.8. The van der Waals surface area contributed by atoms with Gasteiger partial charge in [-0.25, -0.2) is 0 Å². The second kappa shape index (κ2) is 5.45. The molecule has 2 fully saturated rings. The molecule has 114 valence electrons. The van der Waals surface area contributed by atoms with Gasteiger partial charge in [0.25, 0.3) is 5.91 Å². The molecule has 1 aliphatic heterocycles. The number of carbonyl (C=O) groups excluding carboxylic acids is 1. The largest absolute Gasteiger partial charge is 0.374 e. The number of carbonyl (C=O) groups is 1. The van der Waals surface area contributed by atoms with Crippen molar-refractivity contribution in [2.75, 3.05) is 13.2 Å². The number of rotatable bonds is 1. The number of morpholine rings is 1. The van der Waals surface area contributed by atoms with E-state index in [1.807, 2.05) is 17.0 Å². The molecule has 3 heteroatoms. The molecule has 1 aliphatic carbocycles. The Morgan fingerprint density at radius 2 is 1.90 bits per heavy atom. The first-order valence-corrected chi connectivity index (χ1v) is 8.00. The van der Waals surface area contributed by atoms with Gasteiger partial charge < -0.3 is 9.64 Å². The van der Waals surface area contributed by atoms with E-state index in [-0.39, 0.29) is 23.5 Å². The predicted molar refractivity (Wildman–Crippen MR) is 83.6 cm³/mol. The van der Waals surface area contributed by atoms with Crippen LogP contribution in [-0.2, 0) is 10.2 Å². The van der Waals surface area contributed by atoms with Gasteiger partial charge in [0.2, 0.25) is 0 Å². The van der Waals surface area contributed by atoms with Crippen LogP contribution in [0.1, 0.15) is 56.0 Å². The fourth-order valence-corrected chi connectivity index (χ4v) is 3.46. The zero-order valence-electron chi connectivity index (χ0n) is 13.3. The van der Waals surface area contributed by atoms with Crippen LogP contribution in [0.3, 0.4) is 0 Å². The Hall–Kier alpha value is -1.35. The molecule has 0 radical (unpaired) electrons. The highest BCUT2D eigenvalue weighted by Crippen LogP contribution is 2.31. The summed E-state index contributed by atoms with van der Waals surface area (Å²) in [5, 5.41) is 0.